The number of aliphatic imine (C=N–C) groups is 1. The highest BCUT2D eigenvalue weighted by atomic mass is 127. The molecule has 2 aliphatic rings. The third kappa shape index (κ3) is 8.03. The van der Waals surface area contributed by atoms with Crippen LogP contribution in [0.25, 0.3) is 0 Å². The summed E-state index contributed by atoms with van der Waals surface area (Å²) in [6.07, 6.45) is 4.90. The number of benzene rings is 1. The number of ether oxygens (including phenoxy) is 2. The second kappa shape index (κ2) is 13.8. The van der Waals surface area contributed by atoms with E-state index in [4.69, 9.17) is 26.1 Å². The van der Waals surface area contributed by atoms with Crippen LogP contribution in [-0.4, -0.2) is 70.5 Å². The van der Waals surface area contributed by atoms with E-state index in [-0.39, 0.29) is 30.0 Å². The molecule has 1 aromatic rings. The molecule has 1 aliphatic heterocycles. The molecule has 1 unspecified atom stereocenters. The lowest BCUT2D eigenvalue weighted by Crippen LogP contribution is -2.46. The minimum Gasteiger partial charge on any atom is -0.385 e. The Morgan fingerprint density at radius 2 is 1.94 bits per heavy atom. The molecule has 0 aromatic heterocycles. The van der Waals surface area contributed by atoms with E-state index in [9.17, 15) is 0 Å². The van der Waals surface area contributed by atoms with Crippen molar-refractivity contribution in [1.82, 2.24) is 15.5 Å². The number of nitrogens with one attached hydrogen (secondary N) is 2. The Balaban J connectivity index is 0.00000341. The third-order valence-corrected chi connectivity index (χ3v) is 6.62. The molecule has 2 fully saturated rings. The van der Waals surface area contributed by atoms with E-state index in [0.29, 0.717) is 5.41 Å². The SMILES string of the molecule is CCNC(=NCC1(CCOC)CCC1)NCC(c1ccc(Cl)cc1)N1CCOCC1.I. The van der Waals surface area contributed by atoms with Crippen LogP contribution < -0.4 is 10.6 Å². The van der Waals surface area contributed by atoms with Gasteiger partial charge in [0, 0.05) is 51.5 Å². The predicted molar refractivity (Wildman–Crippen MR) is 139 cm³/mol. The van der Waals surface area contributed by atoms with Crippen molar-refractivity contribution < 1.29 is 9.47 Å². The van der Waals surface area contributed by atoms with Gasteiger partial charge in [0.25, 0.3) is 0 Å². The zero-order chi connectivity index (χ0) is 21.2. The van der Waals surface area contributed by atoms with Crippen molar-refractivity contribution in [1.29, 1.82) is 0 Å². The number of nitrogens with zero attached hydrogens (tertiary/aromatic N) is 2. The van der Waals surface area contributed by atoms with Crippen LogP contribution in [-0.2, 0) is 9.47 Å². The molecule has 8 heteroatoms. The normalized spacial score (nSPS) is 19.8. The Morgan fingerprint density at radius 3 is 2.52 bits per heavy atom. The standard InChI is InChI=1S/C23H37ClN4O2.HI/c1-3-25-22(27-18-23(9-4-10-23)11-14-29-2)26-17-21(28-12-15-30-16-13-28)19-5-7-20(24)8-6-19;/h5-8,21H,3-4,9-18H2,1-2H3,(H2,25,26,27);1H. The predicted octanol–water partition coefficient (Wildman–Crippen LogP) is 4.09. The van der Waals surface area contributed by atoms with E-state index in [2.05, 4.69) is 34.6 Å². The molecule has 3 rings (SSSR count). The van der Waals surface area contributed by atoms with Crippen LogP contribution in [0, 0.1) is 5.41 Å². The van der Waals surface area contributed by atoms with Gasteiger partial charge in [0.2, 0.25) is 0 Å². The van der Waals surface area contributed by atoms with E-state index in [1.54, 1.807) is 7.11 Å². The minimum atomic E-state index is 0. The van der Waals surface area contributed by atoms with E-state index in [1.165, 1.54) is 24.8 Å². The summed E-state index contributed by atoms with van der Waals surface area (Å²) in [7, 11) is 1.78. The van der Waals surface area contributed by atoms with E-state index in [0.717, 1.165) is 69.9 Å². The van der Waals surface area contributed by atoms with Gasteiger partial charge >= 0.3 is 0 Å². The molecule has 1 aliphatic carbocycles. The first kappa shape index (κ1) is 26.6. The molecule has 0 spiro atoms. The fourth-order valence-electron chi connectivity index (χ4n) is 4.30. The highest BCUT2D eigenvalue weighted by molar-refractivity contribution is 14.0. The Bertz CT molecular complexity index is 664. The largest absolute Gasteiger partial charge is 0.385 e. The van der Waals surface area contributed by atoms with Crippen molar-refractivity contribution in [3.8, 4) is 0 Å². The molecular formula is C23H38ClIN4O2. The summed E-state index contributed by atoms with van der Waals surface area (Å²) in [6.45, 7) is 8.84. The topological polar surface area (TPSA) is 58.1 Å². The van der Waals surface area contributed by atoms with Crippen LogP contribution in [0.1, 0.15) is 44.2 Å². The number of guanidine groups is 1. The van der Waals surface area contributed by atoms with Gasteiger partial charge in [-0.1, -0.05) is 30.2 Å². The van der Waals surface area contributed by atoms with E-state index in [1.807, 2.05) is 12.1 Å². The van der Waals surface area contributed by atoms with Gasteiger partial charge in [-0.3, -0.25) is 9.89 Å². The minimum absolute atomic E-state index is 0. The van der Waals surface area contributed by atoms with Crippen molar-refractivity contribution >= 4 is 41.5 Å². The van der Waals surface area contributed by atoms with Crippen LogP contribution in [0.2, 0.25) is 5.02 Å². The fraction of sp³-hybridized carbons (Fsp3) is 0.696. The van der Waals surface area contributed by atoms with Gasteiger partial charge in [-0.15, -0.1) is 24.0 Å². The van der Waals surface area contributed by atoms with Crippen molar-refractivity contribution in [2.75, 3.05) is 59.7 Å². The summed E-state index contributed by atoms with van der Waals surface area (Å²) < 4.78 is 10.9. The van der Waals surface area contributed by atoms with Crippen molar-refractivity contribution in [2.24, 2.45) is 10.4 Å². The fourth-order valence-corrected chi connectivity index (χ4v) is 4.42. The molecule has 1 atom stereocenters. The summed E-state index contributed by atoms with van der Waals surface area (Å²) >= 11 is 6.12. The van der Waals surface area contributed by atoms with Crippen molar-refractivity contribution in [3.63, 3.8) is 0 Å². The summed E-state index contributed by atoms with van der Waals surface area (Å²) in [5.74, 6) is 0.897. The Labute approximate surface area is 209 Å². The van der Waals surface area contributed by atoms with Gasteiger partial charge in [0.05, 0.1) is 19.3 Å². The zero-order valence-electron chi connectivity index (χ0n) is 18.9. The lowest BCUT2D eigenvalue weighted by atomic mass is 9.67. The van der Waals surface area contributed by atoms with Gasteiger partial charge in [0.15, 0.2) is 5.96 Å². The first-order chi connectivity index (χ1) is 14.7. The first-order valence-corrected chi connectivity index (χ1v) is 11.6. The lowest BCUT2D eigenvalue weighted by Gasteiger charge is -2.41. The number of morpholine rings is 1. The number of rotatable bonds is 10. The van der Waals surface area contributed by atoms with Crippen LogP contribution in [0.5, 0.6) is 0 Å². The maximum Gasteiger partial charge on any atom is 0.191 e. The Kier molecular flexibility index (Phi) is 11.9. The van der Waals surface area contributed by atoms with Crippen LogP contribution in [0.3, 0.4) is 0 Å². The summed E-state index contributed by atoms with van der Waals surface area (Å²) in [5, 5.41) is 7.79. The molecule has 0 bridgehead atoms. The number of hydrogen-bond donors (Lipinski definition) is 2. The molecule has 176 valence electrons. The van der Waals surface area contributed by atoms with Gasteiger partial charge in [0.1, 0.15) is 0 Å². The average Bonchev–Trinajstić information content (AvgIpc) is 2.74. The van der Waals surface area contributed by atoms with Gasteiger partial charge < -0.3 is 20.1 Å². The Morgan fingerprint density at radius 1 is 1.23 bits per heavy atom. The average molecular weight is 565 g/mol. The molecule has 1 saturated heterocycles. The monoisotopic (exact) mass is 564 g/mol. The number of halogens is 2. The molecule has 6 nitrogen and oxygen atoms in total. The highest BCUT2D eigenvalue weighted by Gasteiger charge is 2.36. The summed E-state index contributed by atoms with van der Waals surface area (Å²) in [6, 6.07) is 8.45. The molecule has 1 saturated carbocycles. The molecule has 0 amide bonds. The molecule has 1 heterocycles. The molecule has 1 aromatic carbocycles. The third-order valence-electron chi connectivity index (χ3n) is 6.37. The van der Waals surface area contributed by atoms with Gasteiger partial charge in [-0.25, -0.2) is 0 Å². The van der Waals surface area contributed by atoms with Crippen molar-refractivity contribution in [3.05, 3.63) is 34.9 Å². The van der Waals surface area contributed by atoms with Gasteiger partial charge in [-0.05, 0) is 49.3 Å². The van der Waals surface area contributed by atoms with Crippen LogP contribution >= 0.6 is 35.6 Å². The first-order valence-electron chi connectivity index (χ1n) is 11.2. The second-order valence-electron chi connectivity index (χ2n) is 8.39. The van der Waals surface area contributed by atoms with Crippen LogP contribution in [0.4, 0.5) is 0 Å². The summed E-state index contributed by atoms with van der Waals surface area (Å²) in [4.78, 5) is 7.44. The lowest BCUT2D eigenvalue weighted by molar-refractivity contribution is 0.0170. The molecular weight excluding hydrogens is 527 g/mol. The zero-order valence-corrected chi connectivity index (χ0v) is 22.0. The van der Waals surface area contributed by atoms with Crippen molar-refractivity contribution in [2.45, 2.75) is 38.6 Å². The van der Waals surface area contributed by atoms with E-state index >= 15 is 0 Å². The number of hydrogen-bond acceptors (Lipinski definition) is 4. The Hall–Kier alpha value is -0.610. The van der Waals surface area contributed by atoms with Crippen LogP contribution in [0.15, 0.2) is 29.3 Å². The molecule has 2 N–H and O–H groups in total. The maximum atomic E-state index is 6.12. The quantitative estimate of drug-likeness (QED) is 0.255. The number of methoxy groups -OCH3 is 1. The molecule has 31 heavy (non-hydrogen) atoms. The van der Waals surface area contributed by atoms with E-state index < -0.39 is 0 Å². The maximum absolute atomic E-state index is 6.12. The second-order valence-corrected chi connectivity index (χ2v) is 8.82. The smallest absolute Gasteiger partial charge is 0.191 e. The summed E-state index contributed by atoms with van der Waals surface area (Å²) in [5.41, 5.74) is 1.58. The highest BCUT2D eigenvalue weighted by Crippen LogP contribution is 2.44. The molecule has 0 radical (unpaired) electrons. The van der Waals surface area contributed by atoms with Gasteiger partial charge in [-0.2, -0.15) is 0 Å².